The summed E-state index contributed by atoms with van der Waals surface area (Å²) in [5, 5.41) is 9.64. The average molecular weight is 636 g/mol. The van der Waals surface area contributed by atoms with Crippen LogP contribution in [0.5, 0.6) is 0 Å². The fourth-order valence-electron chi connectivity index (χ4n) is 4.93. The standard InChI is InChI=1S/C33H35F2N5O6/c1-8-20-17(2)21(31(43)46-33(4,5)6)10-11-22(20)18(3)37-30(42)27-14-25(38-28-15-26(32(44)45-7)39-40(27)28)29(41)36-16-19-9-12-23(34)24(35)13-19/h9-15,18H,8,16H2,1-7H3,(H,36,41)(H,37,42)/t18-/m0/s1. The molecule has 242 valence electrons. The van der Waals surface area contributed by atoms with Gasteiger partial charge in [0.25, 0.3) is 11.8 Å². The molecule has 0 unspecified atom stereocenters. The van der Waals surface area contributed by atoms with E-state index in [0.29, 0.717) is 17.5 Å². The second-order valence-corrected chi connectivity index (χ2v) is 11.6. The minimum Gasteiger partial charge on any atom is -0.464 e. The third kappa shape index (κ3) is 7.36. The third-order valence-corrected chi connectivity index (χ3v) is 7.15. The molecular formula is C33H35F2N5O6. The Bertz CT molecular complexity index is 1850. The summed E-state index contributed by atoms with van der Waals surface area (Å²) in [5.74, 6) is -4.65. The first-order valence-corrected chi connectivity index (χ1v) is 14.5. The largest absolute Gasteiger partial charge is 0.464 e. The van der Waals surface area contributed by atoms with E-state index in [1.807, 2.05) is 13.8 Å². The van der Waals surface area contributed by atoms with Crippen LogP contribution in [0, 0.1) is 18.6 Å². The minimum atomic E-state index is -1.06. The molecule has 0 aliphatic rings. The maximum atomic E-state index is 13.7. The fraction of sp³-hybridized carbons (Fsp3) is 0.333. The van der Waals surface area contributed by atoms with Crippen LogP contribution < -0.4 is 10.6 Å². The van der Waals surface area contributed by atoms with Crippen LogP contribution in [-0.4, -0.2) is 51.1 Å². The van der Waals surface area contributed by atoms with Crippen molar-refractivity contribution in [2.75, 3.05) is 7.11 Å². The summed E-state index contributed by atoms with van der Waals surface area (Å²) in [5.41, 5.74) is 2.02. The molecule has 0 bridgehead atoms. The number of nitrogens with one attached hydrogen (secondary N) is 2. The van der Waals surface area contributed by atoms with Gasteiger partial charge in [-0.2, -0.15) is 5.10 Å². The molecule has 11 nitrogen and oxygen atoms in total. The van der Waals surface area contributed by atoms with Crippen molar-refractivity contribution in [1.82, 2.24) is 25.2 Å². The zero-order valence-corrected chi connectivity index (χ0v) is 26.6. The monoisotopic (exact) mass is 635 g/mol. The fourth-order valence-corrected chi connectivity index (χ4v) is 4.93. The minimum absolute atomic E-state index is 0.0190. The Morgan fingerprint density at radius 2 is 1.67 bits per heavy atom. The SMILES string of the molecule is CCc1c([C@H](C)NC(=O)c2cc(C(=O)NCc3ccc(F)c(F)c3)nc3cc(C(=O)OC)nn23)ccc(C(=O)OC(C)(C)C)c1C. The quantitative estimate of drug-likeness (QED) is 0.244. The van der Waals surface area contributed by atoms with E-state index >= 15 is 0 Å². The summed E-state index contributed by atoms with van der Waals surface area (Å²) in [6.07, 6.45) is 0.571. The molecule has 2 N–H and O–H groups in total. The third-order valence-electron chi connectivity index (χ3n) is 7.15. The van der Waals surface area contributed by atoms with Gasteiger partial charge in [0, 0.05) is 18.7 Å². The number of carbonyl (C=O) groups is 4. The Labute approximate surface area is 264 Å². The number of rotatable bonds is 9. The molecule has 4 rings (SSSR count). The van der Waals surface area contributed by atoms with E-state index in [9.17, 15) is 28.0 Å². The molecule has 13 heteroatoms. The van der Waals surface area contributed by atoms with Gasteiger partial charge in [0.2, 0.25) is 0 Å². The number of benzene rings is 2. The molecule has 0 saturated carbocycles. The molecule has 0 fully saturated rings. The van der Waals surface area contributed by atoms with Gasteiger partial charge in [0.15, 0.2) is 23.0 Å². The predicted molar refractivity (Wildman–Crippen MR) is 163 cm³/mol. The first-order chi connectivity index (χ1) is 21.6. The number of ether oxygens (including phenoxy) is 2. The van der Waals surface area contributed by atoms with Crippen molar-refractivity contribution in [2.45, 2.75) is 66.2 Å². The van der Waals surface area contributed by atoms with E-state index < -0.39 is 47.0 Å². The molecule has 4 aromatic rings. The molecule has 2 heterocycles. The van der Waals surface area contributed by atoms with Gasteiger partial charge in [-0.15, -0.1) is 0 Å². The van der Waals surface area contributed by atoms with Crippen LogP contribution >= 0.6 is 0 Å². The molecule has 2 aromatic carbocycles. The molecule has 2 amide bonds. The maximum absolute atomic E-state index is 13.7. The van der Waals surface area contributed by atoms with Crippen molar-refractivity contribution in [1.29, 1.82) is 0 Å². The summed E-state index contributed by atoms with van der Waals surface area (Å²) in [4.78, 5) is 56.1. The lowest BCUT2D eigenvalue weighted by Crippen LogP contribution is -2.31. The predicted octanol–water partition coefficient (Wildman–Crippen LogP) is 5.04. The number of hydrogen-bond donors (Lipinski definition) is 2. The molecule has 0 aliphatic heterocycles. The zero-order chi connectivity index (χ0) is 33.9. The highest BCUT2D eigenvalue weighted by molar-refractivity contribution is 5.99. The van der Waals surface area contributed by atoms with Crippen LogP contribution in [0.4, 0.5) is 8.78 Å². The van der Waals surface area contributed by atoms with Crippen molar-refractivity contribution in [3.05, 3.63) is 99.0 Å². The van der Waals surface area contributed by atoms with Crippen molar-refractivity contribution < 1.29 is 37.4 Å². The molecule has 0 aliphatic carbocycles. The Morgan fingerprint density at radius 1 is 0.957 bits per heavy atom. The molecule has 1 atom stereocenters. The topological polar surface area (TPSA) is 141 Å². The van der Waals surface area contributed by atoms with Gasteiger partial charge < -0.3 is 20.1 Å². The Balaban J connectivity index is 1.66. The highest BCUT2D eigenvalue weighted by Crippen LogP contribution is 2.27. The summed E-state index contributed by atoms with van der Waals surface area (Å²) < 4.78 is 38.4. The van der Waals surface area contributed by atoms with Crippen molar-refractivity contribution >= 4 is 29.4 Å². The Morgan fingerprint density at radius 3 is 2.30 bits per heavy atom. The molecule has 0 radical (unpaired) electrons. The van der Waals surface area contributed by atoms with Crippen LogP contribution in [-0.2, 0) is 22.4 Å². The van der Waals surface area contributed by atoms with Gasteiger partial charge >= 0.3 is 11.9 Å². The highest BCUT2D eigenvalue weighted by atomic mass is 19.2. The lowest BCUT2D eigenvalue weighted by molar-refractivity contribution is 0.00680. The van der Waals surface area contributed by atoms with Gasteiger partial charge in [-0.05, 0) is 81.5 Å². The number of halogens is 2. The van der Waals surface area contributed by atoms with E-state index in [-0.39, 0.29) is 29.3 Å². The first kappa shape index (κ1) is 33.7. The Hall–Kier alpha value is -5.20. The lowest BCUT2D eigenvalue weighted by Gasteiger charge is -2.23. The number of amides is 2. The van der Waals surface area contributed by atoms with Crippen LogP contribution in [0.15, 0.2) is 42.5 Å². The second kappa shape index (κ2) is 13.4. The first-order valence-electron chi connectivity index (χ1n) is 14.5. The molecule has 0 spiro atoms. The van der Waals surface area contributed by atoms with Gasteiger partial charge in [-0.1, -0.05) is 19.1 Å². The number of esters is 2. The number of methoxy groups -OCH3 is 1. The summed E-state index contributed by atoms with van der Waals surface area (Å²) >= 11 is 0. The number of carbonyl (C=O) groups excluding carboxylic acids is 4. The summed E-state index contributed by atoms with van der Waals surface area (Å²) in [7, 11) is 1.17. The van der Waals surface area contributed by atoms with Crippen LogP contribution in [0.2, 0.25) is 0 Å². The van der Waals surface area contributed by atoms with E-state index in [0.717, 1.165) is 33.3 Å². The van der Waals surface area contributed by atoms with Gasteiger partial charge in [-0.25, -0.2) is 27.9 Å². The van der Waals surface area contributed by atoms with E-state index in [2.05, 4.69) is 20.7 Å². The number of hydrogen-bond acceptors (Lipinski definition) is 8. The van der Waals surface area contributed by atoms with Gasteiger partial charge in [0.1, 0.15) is 17.0 Å². The van der Waals surface area contributed by atoms with Crippen LogP contribution in [0.25, 0.3) is 5.65 Å². The maximum Gasteiger partial charge on any atom is 0.358 e. The van der Waals surface area contributed by atoms with E-state index in [1.54, 1.807) is 39.8 Å². The smallest absolute Gasteiger partial charge is 0.358 e. The molecule has 0 saturated heterocycles. The second-order valence-electron chi connectivity index (χ2n) is 11.6. The van der Waals surface area contributed by atoms with Gasteiger partial charge in [-0.3, -0.25) is 9.59 Å². The molecule has 46 heavy (non-hydrogen) atoms. The number of fused-ring (bicyclic) bond motifs is 1. The van der Waals surface area contributed by atoms with Crippen LogP contribution in [0.3, 0.4) is 0 Å². The molecular weight excluding hydrogens is 600 g/mol. The average Bonchev–Trinajstić information content (AvgIpc) is 3.43. The van der Waals surface area contributed by atoms with E-state index in [4.69, 9.17) is 9.47 Å². The Kier molecular flexibility index (Phi) is 9.83. The van der Waals surface area contributed by atoms with Gasteiger partial charge in [0.05, 0.1) is 18.7 Å². The number of aromatic nitrogens is 3. The summed E-state index contributed by atoms with van der Waals surface area (Å²) in [6.45, 7) is 10.8. The lowest BCUT2D eigenvalue weighted by atomic mass is 9.91. The van der Waals surface area contributed by atoms with Crippen molar-refractivity contribution in [3.8, 4) is 0 Å². The van der Waals surface area contributed by atoms with Crippen molar-refractivity contribution in [2.24, 2.45) is 0 Å². The highest BCUT2D eigenvalue weighted by Gasteiger charge is 2.25. The number of nitrogens with zero attached hydrogens (tertiary/aromatic N) is 3. The van der Waals surface area contributed by atoms with E-state index in [1.165, 1.54) is 25.3 Å². The molecule has 2 aromatic heterocycles. The normalized spacial score (nSPS) is 12.0. The van der Waals surface area contributed by atoms with Crippen molar-refractivity contribution in [3.63, 3.8) is 0 Å². The summed E-state index contributed by atoms with van der Waals surface area (Å²) in [6, 6.07) is 8.57. The zero-order valence-electron chi connectivity index (χ0n) is 26.6. The van der Waals surface area contributed by atoms with Crippen LogP contribution in [0.1, 0.15) is 105 Å².